The van der Waals surface area contributed by atoms with Crippen LogP contribution in [0.25, 0.3) is 0 Å². The van der Waals surface area contributed by atoms with E-state index in [4.69, 9.17) is 18.0 Å². The highest BCUT2D eigenvalue weighted by molar-refractivity contribution is 7.80. The van der Waals surface area contributed by atoms with Crippen LogP contribution in [0.2, 0.25) is 0 Å². The van der Waals surface area contributed by atoms with Crippen molar-refractivity contribution >= 4 is 23.1 Å². The van der Waals surface area contributed by atoms with Crippen LogP contribution in [0.4, 0.5) is 0 Å². The largest absolute Gasteiger partial charge is 0.393 e. The highest BCUT2D eigenvalue weighted by Crippen LogP contribution is 2.03. The molecule has 4 heteroatoms. The molecular weight excluding hydrogens is 160 g/mol. The lowest BCUT2D eigenvalue weighted by molar-refractivity contribution is -0.129. The Bertz CT molecular complexity index is 168. The minimum absolute atomic E-state index is 0.0000926. The van der Waals surface area contributed by atoms with Crippen molar-refractivity contribution in [1.82, 2.24) is 4.90 Å². The quantitative estimate of drug-likeness (QED) is 0.629. The summed E-state index contributed by atoms with van der Waals surface area (Å²) in [5, 5.41) is 0. The van der Waals surface area contributed by atoms with E-state index in [0.717, 1.165) is 0 Å². The summed E-state index contributed by atoms with van der Waals surface area (Å²) in [6.07, 6.45) is 0.405. The van der Waals surface area contributed by atoms with E-state index in [1.807, 2.05) is 6.92 Å². The van der Waals surface area contributed by atoms with Crippen molar-refractivity contribution in [3.63, 3.8) is 0 Å². The first-order valence-electron chi connectivity index (χ1n) is 3.44. The summed E-state index contributed by atoms with van der Waals surface area (Å²) in [7, 11) is 3.43. The van der Waals surface area contributed by atoms with Crippen LogP contribution in [0, 0.1) is 5.92 Å². The number of hydrogen-bond donors (Lipinski definition) is 1. The third-order valence-corrected chi connectivity index (χ3v) is 1.87. The van der Waals surface area contributed by atoms with Gasteiger partial charge in [0.05, 0.1) is 4.99 Å². The summed E-state index contributed by atoms with van der Waals surface area (Å²) in [5.41, 5.74) is 5.35. The van der Waals surface area contributed by atoms with E-state index in [0.29, 0.717) is 11.4 Å². The Hall–Kier alpha value is -0.640. The Labute approximate surface area is 72.5 Å². The Kier molecular flexibility index (Phi) is 4.03. The number of carbonyl (C=O) groups is 1. The number of hydrogen-bond acceptors (Lipinski definition) is 2. The maximum absolute atomic E-state index is 11.1. The first-order valence-corrected chi connectivity index (χ1v) is 3.85. The zero-order valence-corrected chi connectivity index (χ0v) is 7.94. The van der Waals surface area contributed by atoms with Gasteiger partial charge in [0.15, 0.2) is 0 Å². The summed E-state index contributed by atoms with van der Waals surface area (Å²) in [5.74, 6) is 0.0604. The maximum Gasteiger partial charge on any atom is 0.222 e. The summed E-state index contributed by atoms with van der Waals surface area (Å²) in [6.45, 7) is 1.85. The summed E-state index contributed by atoms with van der Waals surface area (Å²) in [4.78, 5) is 13.0. The van der Waals surface area contributed by atoms with E-state index in [2.05, 4.69) is 0 Å². The third kappa shape index (κ3) is 3.93. The molecule has 0 radical (unpaired) electrons. The van der Waals surface area contributed by atoms with Gasteiger partial charge in [-0.2, -0.15) is 0 Å². The van der Waals surface area contributed by atoms with Gasteiger partial charge < -0.3 is 10.6 Å². The molecular formula is C7H14N2OS. The zero-order valence-electron chi connectivity index (χ0n) is 7.13. The second kappa shape index (κ2) is 4.28. The van der Waals surface area contributed by atoms with Gasteiger partial charge in [-0.1, -0.05) is 19.1 Å². The molecule has 0 fully saturated rings. The highest BCUT2D eigenvalue weighted by Gasteiger charge is 2.11. The average Bonchev–Trinajstić information content (AvgIpc) is 1.87. The van der Waals surface area contributed by atoms with Crippen molar-refractivity contribution in [3.8, 4) is 0 Å². The molecule has 0 aliphatic heterocycles. The van der Waals surface area contributed by atoms with Gasteiger partial charge in [0.1, 0.15) is 0 Å². The van der Waals surface area contributed by atoms with Crippen LogP contribution in [0.3, 0.4) is 0 Å². The van der Waals surface area contributed by atoms with Gasteiger partial charge in [0, 0.05) is 26.4 Å². The second-order valence-corrected chi connectivity index (χ2v) is 3.27. The minimum atomic E-state index is -0.0000926. The molecule has 64 valence electrons. The SMILES string of the molecule is CC(CC(=O)N(C)C)C(N)=S. The molecule has 0 aromatic rings. The van der Waals surface area contributed by atoms with Crippen molar-refractivity contribution in [2.75, 3.05) is 14.1 Å². The zero-order chi connectivity index (χ0) is 9.02. The summed E-state index contributed by atoms with van der Waals surface area (Å²) in [6, 6.07) is 0. The van der Waals surface area contributed by atoms with Gasteiger partial charge in [-0.3, -0.25) is 4.79 Å². The smallest absolute Gasteiger partial charge is 0.222 e. The molecule has 3 nitrogen and oxygen atoms in total. The van der Waals surface area contributed by atoms with Crippen LogP contribution >= 0.6 is 12.2 Å². The van der Waals surface area contributed by atoms with Crippen molar-refractivity contribution in [2.45, 2.75) is 13.3 Å². The molecule has 0 rings (SSSR count). The van der Waals surface area contributed by atoms with E-state index < -0.39 is 0 Å². The molecule has 1 amide bonds. The molecule has 0 bridgehead atoms. The molecule has 0 saturated heterocycles. The van der Waals surface area contributed by atoms with E-state index in [1.165, 1.54) is 4.90 Å². The molecule has 1 unspecified atom stereocenters. The number of carbonyl (C=O) groups excluding carboxylic acids is 1. The number of thiocarbonyl (C=S) groups is 1. The van der Waals surface area contributed by atoms with E-state index in [-0.39, 0.29) is 11.8 Å². The van der Waals surface area contributed by atoms with Crippen molar-refractivity contribution < 1.29 is 4.79 Å². The molecule has 0 saturated carbocycles. The lowest BCUT2D eigenvalue weighted by atomic mass is 10.1. The van der Waals surface area contributed by atoms with Gasteiger partial charge in [0.25, 0.3) is 0 Å². The van der Waals surface area contributed by atoms with Crippen LogP contribution in [-0.2, 0) is 4.79 Å². The summed E-state index contributed by atoms with van der Waals surface area (Å²) < 4.78 is 0. The van der Waals surface area contributed by atoms with Crippen LogP contribution in [-0.4, -0.2) is 29.9 Å². The molecule has 11 heavy (non-hydrogen) atoms. The fourth-order valence-corrected chi connectivity index (χ4v) is 0.628. The third-order valence-electron chi connectivity index (χ3n) is 1.47. The van der Waals surface area contributed by atoms with Crippen molar-refractivity contribution in [1.29, 1.82) is 0 Å². The van der Waals surface area contributed by atoms with E-state index in [1.54, 1.807) is 14.1 Å². The first-order chi connectivity index (χ1) is 4.95. The van der Waals surface area contributed by atoms with Gasteiger partial charge in [0.2, 0.25) is 5.91 Å². The number of rotatable bonds is 3. The maximum atomic E-state index is 11.1. The van der Waals surface area contributed by atoms with Crippen LogP contribution < -0.4 is 5.73 Å². The topological polar surface area (TPSA) is 46.3 Å². The van der Waals surface area contributed by atoms with Crippen LogP contribution in [0.5, 0.6) is 0 Å². The number of amides is 1. The molecule has 0 aromatic heterocycles. The fourth-order valence-electron chi connectivity index (χ4n) is 0.545. The molecule has 0 aliphatic carbocycles. The normalized spacial score (nSPS) is 12.3. The lowest BCUT2D eigenvalue weighted by Crippen LogP contribution is -2.28. The van der Waals surface area contributed by atoms with Crippen molar-refractivity contribution in [3.05, 3.63) is 0 Å². The van der Waals surface area contributed by atoms with Crippen LogP contribution in [0.1, 0.15) is 13.3 Å². The van der Waals surface area contributed by atoms with Crippen LogP contribution in [0.15, 0.2) is 0 Å². The Balaban J connectivity index is 3.85. The van der Waals surface area contributed by atoms with Gasteiger partial charge in [-0.25, -0.2) is 0 Å². The predicted octanol–water partition coefficient (Wildman–Crippen LogP) is 0.387. The predicted molar refractivity (Wildman–Crippen MR) is 49.3 cm³/mol. The second-order valence-electron chi connectivity index (χ2n) is 2.80. The molecule has 1 atom stereocenters. The molecule has 0 aliphatic rings. The Morgan fingerprint density at radius 3 is 2.36 bits per heavy atom. The average molecular weight is 174 g/mol. The first kappa shape index (κ1) is 10.4. The number of nitrogens with two attached hydrogens (primary N) is 1. The van der Waals surface area contributed by atoms with Gasteiger partial charge >= 0.3 is 0 Å². The highest BCUT2D eigenvalue weighted by atomic mass is 32.1. The lowest BCUT2D eigenvalue weighted by Gasteiger charge is -2.13. The Morgan fingerprint density at radius 2 is 2.09 bits per heavy atom. The van der Waals surface area contributed by atoms with Gasteiger partial charge in [-0.15, -0.1) is 0 Å². The number of nitrogens with zero attached hydrogens (tertiary/aromatic N) is 1. The molecule has 0 spiro atoms. The minimum Gasteiger partial charge on any atom is -0.393 e. The molecule has 0 heterocycles. The fraction of sp³-hybridized carbons (Fsp3) is 0.714. The van der Waals surface area contributed by atoms with E-state index in [9.17, 15) is 4.79 Å². The summed E-state index contributed by atoms with van der Waals surface area (Å²) >= 11 is 4.73. The standard InChI is InChI=1S/C7H14N2OS/c1-5(7(8)11)4-6(10)9(2)3/h5H,4H2,1-3H3,(H2,8,11). The monoisotopic (exact) mass is 174 g/mol. The molecule has 0 aromatic carbocycles. The van der Waals surface area contributed by atoms with Gasteiger partial charge in [-0.05, 0) is 0 Å². The van der Waals surface area contributed by atoms with E-state index >= 15 is 0 Å². The Morgan fingerprint density at radius 1 is 1.64 bits per heavy atom. The molecule has 2 N–H and O–H groups in total. The van der Waals surface area contributed by atoms with Crippen molar-refractivity contribution in [2.24, 2.45) is 11.7 Å².